The molecule has 1 N–H and O–H groups in total. The fraction of sp³-hybridized carbons (Fsp3) is 0.0870. The highest BCUT2D eigenvalue weighted by Gasteiger charge is 2.32. The smallest absolute Gasteiger partial charge is 0.335 e. The number of amidine groups is 1. The molecule has 2 heterocycles. The van der Waals surface area contributed by atoms with Crippen molar-refractivity contribution in [3.63, 3.8) is 0 Å². The van der Waals surface area contributed by atoms with Crippen LogP contribution in [0, 0.1) is 10.1 Å². The van der Waals surface area contributed by atoms with Gasteiger partial charge in [-0.3, -0.25) is 19.8 Å². The number of hydrogen-bond donors (Lipinski definition) is 1. The molecule has 10 heteroatoms. The van der Waals surface area contributed by atoms with Crippen LogP contribution < -0.4 is 0 Å². The van der Waals surface area contributed by atoms with E-state index in [1.54, 1.807) is 42.5 Å². The van der Waals surface area contributed by atoms with Crippen LogP contribution in [0.15, 0.2) is 75.0 Å². The van der Waals surface area contributed by atoms with Gasteiger partial charge < -0.3 is 9.52 Å². The van der Waals surface area contributed by atoms with E-state index in [0.29, 0.717) is 39.4 Å². The van der Waals surface area contributed by atoms with Gasteiger partial charge in [0.2, 0.25) is 0 Å². The van der Waals surface area contributed by atoms with E-state index in [4.69, 9.17) is 4.42 Å². The summed E-state index contributed by atoms with van der Waals surface area (Å²) >= 11 is 1.17. The highest BCUT2D eigenvalue weighted by Crippen LogP contribution is 2.35. The molecule has 1 amide bonds. The minimum absolute atomic E-state index is 0.0130. The van der Waals surface area contributed by atoms with E-state index in [1.807, 2.05) is 6.92 Å². The van der Waals surface area contributed by atoms with Gasteiger partial charge in [-0.15, -0.1) is 0 Å². The number of carbonyl (C=O) groups excluding carboxylic acids is 1. The predicted octanol–water partition coefficient (Wildman–Crippen LogP) is 5.18. The molecular weight excluding hydrogens is 446 g/mol. The summed E-state index contributed by atoms with van der Waals surface area (Å²) in [5, 5.41) is 20.4. The second kappa shape index (κ2) is 9.13. The molecule has 1 aliphatic heterocycles. The first-order valence-electron chi connectivity index (χ1n) is 9.84. The van der Waals surface area contributed by atoms with Gasteiger partial charge in [-0.1, -0.05) is 6.07 Å². The number of nitrogens with zero attached hydrogens (tertiary/aromatic N) is 3. The molecule has 0 bridgehead atoms. The van der Waals surface area contributed by atoms with Crippen molar-refractivity contribution in [2.75, 3.05) is 6.54 Å². The van der Waals surface area contributed by atoms with E-state index in [9.17, 15) is 24.8 Å². The molecule has 1 fully saturated rings. The van der Waals surface area contributed by atoms with Gasteiger partial charge in [-0.25, -0.2) is 9.79 Å². The number of hydrogen-bond acceptors (Lipinski definition) is 7. The maximum absolute atomic E-state index is 12.9. The van der Waals surface area contributed by atoms with E-state index in [2.05, 4.69) is 4.99 Å². The van der Waals surface area contributed by atoms with Gasteiger partial charge in [-0.2, -0.15) is 0 Å². The number of carboxylic acid groups (broad SMARTS) is 1. The molecule has 0 atom stereocenters. The minimum atomic E-state index is -1.05. The van der Waals surface area contributed by atoms with Crippen molar-refractivity contribution in [2.24, 2.45) is 4.99 Å². The van der Waals surface area contributed by atoms with Gasteiger partial charge in [0.15, 0.2) is 5.17 Å². The fourth-order valence-corrected chi connectivity index (χ4v) is 4.19. The van der Waals surface area contributed by atoms with Gasteiger partial charge in [0.05, 0.1) is 21.1 Å². The third-order valence-corrected chi connectivity index (χ3v) is 5.79. The first kappa shape index (κ1) is 22.0. The lowest BCUT2D eigenvalue weighted by Crippen LogP contribution is -2.28. The number of benzene rings is 2. The summed E-state index contributed by atoms with van der Waals surface area (Å²) in [6.45, 7) is 2.22. The number of furan rings is 1. The zero-order valence-electron chi connectivity index (χ0n) is 17.3. The summed E-state index contributed by atoms with van der Waals surface area (Å²) in [6, 6.07) is 15.6. The number of thioether (sulfide) groups is 1. The zero-order chi connectivity index (χ0) is 23.5. The van der Waals surface area contributed by atoms with E-state index in [1.165, 1.54) is 40.9 Å². The molecule has 0 unspecified atom stereocenters. The molecule has 33 heavy (non-hydrogen) atoms. The third kappa shape index (κ3) is 4.70. The van der Waals surface area contributed by atoms with Crippen LogP contribution in [-0.4, -0.2) is 38.5 Å². The minimum Gasteiger partial charge on any atom is -0.478 e. The van der Waals surface area contributed by atoms with Crippen molar-refractivity contribution in [1.29, 1.82) is 0 Å². The number of aliphatic imine (C=N–C) groups is 1. The molecule has 2 aromatic carbocycles. The Morgan fingerprint density at radius 2 is 1.97 bits per heavy atom. The van der Waals surface area contributed by atoms with Crippen LogP contribution >= 0.6 is 11.8 Å². The summed E-state index contributed by atoms with van der Waals surface area (Å²) in [5.74, 6) is -0.325. The lowest BCUT2D eigenvalue weighted by atomic mass is 10.1. The highest BCUT2D eigenvalue weighted by atomic mass is 32.2. The molecule has 1 saturated heterocycles. The number of nitro benzene ring substituents is 1. The quantitative estimate of drug-likeness (QED) is 0.303. The van der Waals surface area contributed by atoms with Crippen molar-refractivity contribution in [3.05, 3.63) is 87.0 Å². The maximum Gasteiger partial charge on any atom is 0.335 e. The van der Waals surface area contributed by atoms with Crippen LogP contribution in [0.4, 0.5) is 11.4 Å². The Bertz CT molecular complexity index is 1310. The number of carbonyl (C=O) groups is 2. The molecular formula is C23H17N3O6S. The molecule has 0 spiro atoms. The Hall–Kier alpha value is -4.18. The molecule has 1 aliphatic rings. The zero-order valence-corrected chi connectivity index (χ0v) is 18.1. The first-order valence-corrected chi connectivity index (χ1v) is 10.7. The van der Waals surface area contributed by atoms with Gasteiger partial charge in [0.25, 0.3) is 11.6 Å². The van der Waals surface area contributed by atoms with Gasteiger partial charge in [0, 0.05) is 30.3 Å². The number of amides is 1. The van der Waals surface area contributed by atoms with Crippen LogP contribution in [0.1, 0.15) is 23.0 Å². The molecule has 0 radical (unpaired) electrons. The number of aromatic carboxylic acids is 1. The molecule has 166 valence electrons. The van der Waals surface area contributed by atoms with E-state index in [0.717, 1.165) is 0 Å². The molecule has 1 aromatic heterocycles. The van der Waals surface area contributed by atoms with Crippen LogP contribution in [0.25, 0.3) is 17.4 Å². The number of carboxylic acids is 1. The molecule has 0 saturated carbocycles. The molecule has 9 nitrogen and oxygen atoms in total. The maximum atomic E-state index is 12.9. The summed E-state index contributed by atoms with van der Waals surface area (Å²) < 4.78 is 5.81. The largest absolute Gasteiger partial charge is 0.478 e. The Morgan fingerprint density at radius 1 is 1.21 bits per heavy atom. The lowest BCUT2D eigenvalue weighted by Gasteiger charge is -2.12. The normalized spacial score (nSPS) is 16.0. The Labute approximate surface area is 192 Å². The van der Waals surface area contributed by atoms with Crippen molar-refractivity contribution in [3.8, 4) is 11.3 Å². The summed E-state index contributed by atoms with van der Waals surface area (Å²) in [4.78, 5) is 40.8. The number of likely N-dealkylation sites (N-methyl/N-ethyl adjacent to an activating group) is 1. The standard InChI is InChI=1S/C23H17N3O6S/c1-2-25-21(27)20(33-23(25)24-16-5-3-4-15(12-16)22(28)29)13-18-10-11-19(32-18)14-6-8-17(9-7-14)26(30)31/h3-13H,2H2,1H3,(H,28,29). The molecule has 4 rings (SSSR count). The van der Waals surface area contributed by atoms with Gasteiger partial charge >= 0.3 is 5.97 Å². The summed E-state index contributed by atoms with van der Waals surface area (Å²) in [5.41, 5.74) is 1.20. The second-order valence-corrected chi connectivity index (χ2v) is 7.93. The van der Waals surface area contributed by atoms with Crippen LogP contribution in [-0.2, 0) is 4.79 Å². The molecule has 0 aliphatic carbocycles. The highest BCUT2D eigenvalue weighted by molar-refractivity contribution is 8.18. The van der Waals surface area contributed by atoms with Crippen LogP contribution in [0.2, 0.25) is 0 Å². The van der Waals surface area contributed by atoms with Crippen molar-refractivity contribution in [2.45, 2.75) is 6.92 Å². The SMILES string of the molecule is CCN1C(=O)C(=Cc2ccc(-c3ccc([N+](=O)[O-])cc3)o2)SC1=Nc1cccc(C(=O)O)c1. The number of rotatable bonds is 6. The van der Waals surface area contributed by atoms with Crippen molar-refractivity contribution >= 4 is 46.3 Å². The monoisotopic (exact) mass is 463 g/mol. The number of nitro groups is 1. The summed E-state index contributed by atoms with van der Waals surface area (Å²) in [6.07, 6.45) is 1.61. The van der Waals surface area contributed by atoms with Gasteiger partial charge in [-0.05, 0) is 61.2 Å². The predicted molar refractivity (Wildman–Crippen MR) is 124 cm³/mol. The van der Waals surface area contributed by atoms with Crippen molar-refractivity contribution < 1.29 is 24.0 Å². The second-order valence-electron chi connectivity index (χ2n) is 6.92. The van der Waals surface area contributed by atoms with Crippen LogP contribution in [0.5, 0.6) is 0 Å². The third-order valence-electron chi connectivity index (χ3n) is 4.78. The van der Waals surface area contributed by atoms with Gasteiger partial charge in [0.1, 0.15) is 11.5 Å². The Balaban J connectivity index is 1.59. The average Bonchev–Trinajstić information content (AvgIpc) is 3.38. The Morgan fingerprint density at radius 3 is 2.64 bits per heavy atom. The Kier molecular flexibility index (Phi) is 6.09. The topological polar surface area (TPSA) is 126 Å². The average molecular weight is 463 g/mol. The van der Waals surface area contributed by atoms with E-state index >= 15 is 0 Å². The first-order chi connectivity index (χ1) is 15.9. The van der Waals surface area contributed by atoms with E-state index < -0.39 is 10.9 Å². The summed E-state index contributed by atoms with van der Waals surface area (Å²) in [7, 11) is 0. The fourth-order valence-electron chi connectivity index (χ4n) is 3.15. The lowest BCUT2D eigenvalue weighted by molar-refractivity contribution is -0.384. The number of non-ortho nitro benzene ring substituents is 1. The van der Waals surface area contributed by atoms with E-state index in [-0.39, 0.29) is 17.2 Å². The van der Waals surface area contributed by atoms with Crippen molar-refractivity contribution in [1.82, 2.24) is 4.90 Å². The van der Waals surface area contributed by atoms with Crippen LogP contribution in [0.3, 0.4) is 0 Å². The molecule has 3 aromatic rings.